The Morgan fingerprint density at radius 3 is 1.86 bits per heavy atom. The highest BCUT2D eigenvalue weighted by molar-refractivity contribution is 7.26. The third-order valence-corrected chi connectivity index (χ3v) is 12.3. The summed E-state index contributed by atoms with van der Waals surface area (Å²) in [5.41, 5.74) is 6.95. The van der Waals surface area contributed by atoms with E-state index < -0.39 is 0 Å². The lowest BCUT2D eigenvalue weighted by Crippen LogP contribution is -1.97. The number of thiophene rings is 1. The van der Waals surface area contributed by atoms with Gasteiger partial charge in [-0.1, -0.05) is 158 Å². The highest BCUT2D eigenvalue weighted by atomic mass is 32.1. The molecule has 0 radical (unpaired) electrons. The van der Waals surface area contributed by atoms with Gasteiger partial charge in [0.15, 0.2) is 0 Å². The number of nitrogens with one attached hydrogen (secondary N) is 1. The van der Waals surface area contributed by atoms with Crippen LogP contribution in [0.2, 0.25) is 0 Å². The monoisotopic (exact) mass is 743 g/mol. The van der Waals surface area contributed by atoms with Crippen molar-refractivity contribution < 1.29 is 0 Å². The highest BCUT2D eigenvalue weighted by Gasteiger charge is 2.16. The first-order valence-electron chi connectivity index (χ1n) is 19.1. The van der Waals surface area contributed by atoms with E-state index in [1.807, 2.05) is 12.3 Å². The van der Waals surface area contributed by atoms with Gasteiger partial charge >= 0.3 is 0 Å². The molecule has 266 valence electrons. The largest absolute Gasteiger partial charge is 0.300 e. The Morgan fingerprint density at radius 2 is 1.11 bits per heavy atom. The molecule has 0 saturated carbocycles. The number of aromatic nitrogens is 1. The lowest BCUT2D eigenvalue weighted by atomic mass is 9.92. The Labute approximate surface area is 333 Å². The van der Waals surface area contributed by atoms with Crippen molar-refractivity contribution in [3.63, 3.8) is 0 Å². The van der Waals surface area contributed by atoms with Crippen LogP contribution in [0.5, 0.6) is 0 Å². The van der Waals surface area contributed by atoms with Crippen molar-refractivity contribution in [2.24, 2.45) is 4.99 Å². The van der Waals surface area contributed by atoms with E-state index in [-0.39, 0.29) is 0 Å². The van der Waals surface area contributed by atoms with Crippen LogP contribution < -0.4 is 0 Å². The van der Waals surface area contributed by atoms with Crippen LogP contribution in [0.4, 0.5) is 0 Å². The van der Waals surface area contributed by atoms with Gasteiger partial charge in [-0.25, -0.2) is 4.98 Å². The predicted molar refractivity (Wildman–Crippen MR) is 245 cm³/mol. The van der Waals surface area contributed by atoms with E-state index in [0.717, 1.165) is 49.9 Å². The smallest absolute Gasteiger partial charge is 0.0888 e. The molecule has 1 N–H and O–H groups in total. The number of fused-ring (bicyclic) bond motifs is 12. The molecule has 0 aliphatic rings. The maximum absolute atomic E-state index is 9.43. The molecule has 3 nitrogen and oxygen atoms in total. The molecule has 57 heavy (non-hydrogen) atoms. The zero-order valence-corrected chi connectivity index (χ0v) is 31.6. The van der Waals surface area contributed by atoms with Gasteiger partial charge in [0.1, 0.15) is 0 Å². The minimum absolute atomic E-state index is 0.402. The first kappa shape index (κ1) is 33.1. The maximum Gasteiger partial charge on any atom is 0.0888 e. The minimum atomic E-state index is 0.402. The summed E-state index contributed by atoms with van der Waals surface area (Å²) in [5.74, 6) is 0. The zero-order chi connectivity index (χ0) is 37.9. The number of allylic oxidation sites excluding steroid dienone is 1. The van der Waals surface area contributed by atoms with Gasteiger partial charge in [0, 0.05) is 43.8 Å². The van der Waals surface area contributed by atoms with Crippen LogP contribution in [-0.2, 0) is 0 Å². The number of para-hydroxylation sites is 1. The molecule has 0 spiro atoms. The van der Waals surface area contributed by atoms with Crippen LogP contribution in [-0.4, -0.2) is 16.9 Å². The number of aliphatic imine (C=N–C) groups is 1. The third-order valence-electron chi connectivity index (χ3n) is 11.1. The fraction of sp³-hybridized carbons (Fsp3) is 0. The molecule has 0 amide bonds. The van der Waals surface area contributed by atoms with Crippen LogP contribution >= 0.6 is 11.3 Å². The molecule has 2 aromatic heterocycles. The van der Waals surface area contributed by atoms with Crippen LogP contribution in [0.15, 0.2) is 193 Å². The minimum Gasteiger partial charge on any atom is -0.300 e. The van der Waals surface area contributed by atoms with Crippen molar-refractivity contribution in [3.8, 4) is 11.3 Å². The molecule has 0 unspecified atom stereocenters. The summed E-state index contributed by atoms with van der Waals surface area (Å²) >= 11 is 1.80. The van der Waals surface area contributed by atoms with E-state index in [4.69, 9.17) is 9.98 Å². The van der Waals surface area contributed by atoms with E-state index >= 15 is 0 Å². The standard InChI is InChI=1S/C53H33N3S/c54-47(37-27-28-43-41-15-4-3-13-39(41)40-14-5-6-16-42(40)46(43)30-37)31-49(38-26-25-34-11-1-2-12-36(34)29-38)55-32-33-21-23-35(24-22-33)52-53-51(44-17-7-9-19-48(44)56-52)45-18-8-10-20-50(45)57-53/h1-32,54H/b49-31-,54-47?,55-32?. The van der Waals surface area contributed by atoms with Crippen molar-refractivity contribution in [2.75, 3.05) is 0 Å². The van der Waals surface area contributed by atoms with Gasteiger partial charge in [-0.05, 0) is 79.0 Å². The highest BCUT2D eigenvalue weighted by Crippen LogP contribution is 2.42. The van der Waals surface area contributed by atoms with Gasteiger partial charge in [0.05, 0.1) is 27.3 Å². The molecule has 0 aliphatic heterocycles. The Morgan fingerprint density at radius 1 is 0.509 bits per heavy atom. The average Bonchev–Trinajstić information content (AvgIpc) is 3.67. The van der Waals surface area contributed by atoms with Gasteiger partial charge in [-0.15, -0.1) is 11.3 Å². The summed E-state index contributed by atoms with van der Waals surface area (Å²) in [7, 11) is 0. The topological polar surface area (TPSA) is 49.1 Å². The van der Waals surface area contributed by atoms with Crippen molar-refractivity contribution in [1.29, 1.82) is 5.41 Å². The van der Waals surface area contributed by atoms with Crippen LogP contribution in [0.1, 0.15) is 16.7 Å². The van der Waals surface area contributed by atoms with Gasteiger partial charge in [-0.2, -0.15) is 0 Å². The Balaban J connectivity index is 0.993. The second-order valence-corrected chi connectivity index (χ2v) is 15.6. The number of hydrogen-bond acceptors (Lipinski definition) is 4. The van der Waals surface area contributed by atoms with Gasteiger partial charge < -0.3 is 5.41 Å². The molecule has 11 aromatic rings. The molecule has 4 heteroatoms. The van der Waals surface area contributed by atoms with E-state index in [9.17, 15) is 5.41 Å². The molecular weight excluding hydrogens is 711 g/mol. The average molecular weight is 744 g/mol. The summed E-state index contributed by atoms with van der Waals surface area (Å²) in [4.78, 5) is 10.3. The number of benzene rings is 9. The number of rotatable bonds is 6. The van der Waals surface area contributed by atoms with Crippen molar-refractivity contribution >= 4 is 103 Å². The Kier molecular flexibility index (Phi) is 7.83. The second kappa shape index (κ2) is 13.5. The van der Waals surface area contributed by atoms with Crippen molar-refractivity contribution in [1.82, 2.24) is 4.98 Å². The Bertz CT molecular complexity index is 3450. The van der Waals surface area contributed by atoms with Crippen molar-refractivity contribution in [2.45, 2.75) is 0 Å². The summed E-state index contributed by atoms with van der Waals surface area (Å²) in [6.45, 7) is 0. The van der Waals surface area contributed by atoms with Crippen LogP contribution in [0.3, 0.4) is 0 Å². The molecular formula is C53H33N3S. The summed E-state index contributed by atoms with van der Waals surface area (Å²) in [5, 5.41) is 22.6. The predicted octanol–water partition coefficient (Wildman–Crippen LogP) is 14.4. The van der Waals surface area contributed by atoms with E-state index in [0.29, 0.717) is 5.71 Å². The first-order chi connectivity index (χ1) is 28.2. The normalized spacial score (nSPS) is 12.3. The molecule has 0 saturated heterocycles. The second-order valence-electron chi connectivity index (χ2n) is 14.5. The van der Waals surface area contributed by atoms with Gasteiger partial charge in [0.2, 0.25) is 0 Å². The van der Waals surface area contributed by atoms with E-state index in [1.165, 1.54) is 57.9 Å². The van der Waals surface area contributed by atoms with Gasteiger partial charge in [-0.3, -0.25) is 4.99 Å². The van der Waals surface area contributed by atoms with Crippen molar-refractivity contribution in [3.05, 3.63) is 205 Å². The SMILES string of the molecule is N=C(/C=C(\N=Cc1ccc(-c2nc3ccccc3c3c2sc2ccccc23)cc1)c1ccc2ccccc2c1)c1ccc2c3ccccc3c3ccccc3c2c1. The molecule has 0 fully saturated rings. The molecule has 11 rings (SSSR count). The summed E-state index contributed by atoms with van der Waals surface area (Å²) in [6.07, 6.45) is 3.80. The van der Waals surface area contributed by atoms with Gasteiger partial charge in [0.25, 0.3) is 0 Å². The molecule has 0 atom stereocenters. The van der Waals surface area contributed by atoms with E-state index in [1.54, 1.807) is 11.3 Å². The Hall–Kier alpha value is -7.27. The lowest BCUT2D eigenvalue weighted by Gasteiger charge is -2.12. The summed E-state index contributed by atoms with van der Waals surface area (Å²) in [6, 6.07) is 63.9. The van der Waals surface area contributed by atoms with E-state index in [2.05, 4.69) is 182 Å². The third kappa shape index (κ3) is 5.69. The number of pyridine rings is 1. The molecule has 9 aromatic carbocycles. The molecule has 0 aliphatic carbocycles. The van der Waals surface area contributed by atoms with Crippen LogP contribution in [0.25, 0.3) is 91.1 Å². The first-order valence-corrected chi connectivity index (χ1v) is 20.0. The lowest BCUT2D eigenvalue weighted by molar-refractivity contribution is 1.43. The molecule has 2 heterocycles. The number of hydrogen-bond donors (Lipinski definition) is 1. The number of nitrogens with zero attached hydrogens (tertiary/aromatic N) is 2. The summed E-state index contributed by atoms with van der Waals surface area (Å²) < 4.78 is 2.46. The zero-order valence-electron chi connectivity index (χ0n) is 30.8. The quantitative estimate of drug-likeness (QED) is 0.134. The fourth-order valence-electron chi connectivity index (χ4n) is 8.34. The maximum atomic E-state index is 9.43. The molecule has 0 bridgehead atoms. The van der Waals surface area contributed by atoms with Crippen LogP contribution in [0, 0.1) is 5.41 Å². The fourth-order valence-corrected chi connectivity index (χ4v) is 9.57.